The first kappa shape index (κ1) is 13.7. The van der Waals surface area contributed by atoms with Crippen LogP contribution in [0.2, 0.25) is 0 Å². The molecule has 0 radical (unpaired) electrons. The summed E-state index contributed by atoms with van der Waals surface area (Å²) in [5.41, 5.74) is 7.29. The van der Waals surface area contributed by atoms with Gasteiger partial charge in [0.1, 0.15) is 0 Å². The minimum Gasteiger partial charge on any atom is -0.351 e. The van der Waals surface area contributed by atoms with Crippen LogP contribution in [0.15, 0.2) is 6.20 Å². The molecule has 1 aromatic heterocycles. The topological polar surface area (TPSA) is 83.8 Å². The van der Waals surface area contributed by atoms with Crippen LogP contribution in [0.3, 0.4) is 0 Å². The van der Waals surface area contributed by atoms with E-state index in [9.17, 15) is 4.79 Å². The lowest BCUT2D eigenvalue weighted by Crippen LogP contribution is -2.45. The monoisotopic (exact) mass is 238 g/mol. The highest BCUT2D eigenvalue weighted by Crippen LogP contribution is 2.25. The van der Waals surface area contributed by atoms with Crippen LogP contribution in [-0.4, -0.2) is 22.6 Å². The third-order valence-corrected chi connectivity index (χ3v) is 3.60. The second kappa shape index (κ2) is 5.82. The van der Waals surface area contributed by atoms with E-state index in [-0.39, 0.29) is 5.91 Å². The number of carbonyl (C=O) groups is 1. The van der Waals surface area contributed by atoms with E-state index in [1.165, 1.54) is 0 Å². The number of amides is 1. The van der Waals surface area contributed by atoms with Crippen molar-refractivity contribution in [1.82, 2.24) is 15.5 Å². The summed E-state index contributed by atoms with van der Waals surface area (Å²) in [6.45, 7) is 6.82. The van der Waals surface area contributed by atoms with Crippen molar-refractivity contribution >= 4 is 5.91 Å². The maximum absolute atomic E-state index is 12.1. The average molecular weight is 238 g/mol. The van der Waals surface area contributed by atoms with Gasteiger partial charge in [-0.25, -0.2) is 0 Å². The van der Waals surface area contributed by atoms with E-state index >= 15 is 0 Å². The molecule has 0 saturated carbocycles. The molecule has 0 fully saturated rings. The van der Waals surface area contributed by atoms with Crippen molar-refractivity contribution in [3.05, 3.63) is 17.5 Å². The van der Waals surface area contributed by atoms with Crippen molar-refractivity contribution in [2.45, 2.75) is 40.2 Å². The lowest BCUT2D eigenvalue weighted by Gasteiger charge is -2.28. The molecule has 0 spiro atoms. The van der Waals surface area contributed by atoms with Gasteiger partial charge in [0.05, 0.1) is 11.6 Å². The molecule has 0 unspecified atom stereocenters. The number of nitrogens with one attached hydrogen (secondary N) is 2. The number of nitrogens with two attached hydrogens (primary N) is 1. The summed E-state index contributed by atoms with van der Waals surface area (Å²) >= 11 is 0. The molecule has 0 aliphatic rings. The van der Waals surface area contributed by atoms with Gasteiger partial charge in [-0.15, -0.1) is 0 Å². The predicted octanol–water partition coefficient (Wildman–Crippen LogP) is 1.10. The number of H-pyrrole nitrogens is 1. The van der Waals surface area contributed by atoms with E-state index < -0.39 is 5.41 Å². The van der Waals surface area contributed by atoms with Crippen LogP contribution >= 0.6 is 0 Å². The molecule has 1 rings (SSSR count). The van der Waals surface area contributed by atoms with Crippen LogP contribution in [0.25, 0.3) is 0 Å². The van der Waals surface area contributed by atoms with E-state index in [0.29, 0.717) is 13.1 Å². The largest absolute Gasteiger partial charge is 0.351 e. The predicted molar refractivity (Wildman–Crippen MR) is 67.2 cm³/mol. The van der Waals surface area contributed by atoms with Crippen molar-refractivity contribution in [3.63, 3.8) is 0 Å². The van der Waals surface area contributed by atoms with Crippen LogP contribution in [0.1, 0.15) is 37.9 Å². The third-order valence-electron chi connectivity index (χ3n) is 3.60. The highest BCUT2D eigenvalue weighted by molar-refractivity contribution is 5.82. The van der Waals surface area contributed by atoms with Crippen molar-refractivity contribution in [1.29, 1.82) is 0 Å². The summed E-state index contributed by atoms with van der Waals surface area (Å²) in [6, 6.07) is 0. The molecule has 1 heterocycles. The first-order valence-corrected chi connectivity index (χ1v) is 6.06. The molecule has 0 atom stereocenters. The first-order valence-electron chi connectivity index (χ1n) is 6.06. The van der Waals surface area contributed by atoms with E-state index in [1.807, 2.05) is 20.8 Å². The van der Waals surface area contributed by atoms with E-state index in [4.69, 9.17) is 5.73 Å². The Kier molecular flexibility index (Phi) is 4.69. The fourth-order valence-corrected chi connectivity index (χ4v) is 1.87. The molecule has 96 valence electrons. The molecule has 1 amide bonds. The molecule has 0 bridgehead atoms. The third kappa shape index (κ3) is 2.85. The summed E-state index contributed by atoms with van der Waals surface area (Å²) in [5, 5.41) is 9.71. The van der Waals surface area contributed by atoms with Gasteiger partial charge in [0, 0.05) is 24.3 Å². The minimum absolute atomic E-state index is 0.0330. The summed E-state index contributed by atoms with van der Waals surface area (Å²) in [5.74, 6) is 0.0330. The van der Waals surface area contributed by atoms with Gasteiger partial charge < -0.3 is 11.1 Å². The van der Waals surface area contributed by atoms with E-state index in [1.54, 1.807) is 6.20 Å². The maximum atomic E-state index is 12.1. The van der Waals surface area contributed by atoms with E-state index in [0.717, 1.165) is 24.1 Å². The number of hydrogen-bond donors (Lipinski definition) is 3. The Morgan fingerprint density at radius 2 is 2.18 bits per heavy atom. The molecular formula is C12H22N4O. The fraction of sp³-hybridized carbons (Fsp3) is 0.667. The van der Waals surface area contributed by atoms with Gasteiger partial charge in [0.2, 0.25) is 5.91 Å². The number of carbonyl (C=O) groups excluding carboxylic acids is 1. The lowest BCUT2D eigenvalue weighted by atomic mass is 9.81. The number of hydrogen-bond acceptors (Lipinski definition) is 3. The Morgan fingerprint density at radius 1 is 1.53 bits per heavy atom. The van der Waals surface area contributed by atoms with Crippen LogP contribution in [0.4, 0.5) is 0 Å². The second-order valence-electron chi connectivity index (χ2n) is 4.39. The molecule has 5 nitrogen and oxygen atoms in total. The first-order chi connectivity index (χ1) is 8.09. The second-order valence-corrected chi connectivity index (χ2v) is 4.39. The Labute approximate surface area is 102 Å². The summed E-state index contributed by atoms with van der Waals surface area (Å²) in [7, 11) is 0. The molecule has 0 aliphatic carbocycles. The van der Waals surface area contributed by atoms with E-state index in [2.05, 4.69) is 15.5 Å². The Balaban J connectivity index is 2.63. The molecule has 0 aliphatic heterocycles. The van der Waals surface area contributed by atoms with Crippen LogP contribution in [0, 0.1) is 12.3 Å². The SMILES string of the molecule is CCC(CC)(CN)C(=O)NCc1cn[nH]c1C. The Morgan fingerprint density at radius 3 is 2.59 bits per heavy atom. The average Bonchev–Trinajstić information content (AvgIpc) is 2.75. The highest BCUT2D eigenvalue weighted by Gasteiger charge is 2.32. The molecule has 17 heavy (non-hydrogen) atoms. The molecule has 4 N–H and O–H groups in total. The fourth-order valence-electron chi connectivity index (χ4n) is 1.87. The zero-order valence-corrected chi connectivity index (χ0v) is 10.8. The summed E-state index contributed by atoms with van der Waals surface area (Å²) < 4.78 is 0. The molecule has 1 aromatic rings. The molecular weight excluding hydrogens is 216 g/mol. The van der Waals surface area contributed by atoms with Gasteiger partial charge >= 0.3 is 0 Å². The number of rotatable bonds is 6. The zero-order chi connectivity index (χ0) is 12.9. The molecule has 0 saturated heterocycles. The number of aryl methyl sites for hydroxylation is 1. The zero-order valence-electron chi connectivity index (χ0n) is 10.8. The summed E-state index contributed by atoms with van der Waals surface area (Å²) in [4.78, 5) is 12.1. The van der Waals surface area contributed by atoms with Gasteiger partial charge in [-0.05, 0) is 19.8 Å². The minimum atomic E-state index is -0.433. The van der Waals surface area contributed by atoms with Crippen molar-refractivity contribution in [2.75, 3.05) is 6.54 Å². The maximum Gasteiger partial charge on any atom is 0.227 e. The Bertz CT molecular complexity index is 360. The van der Waals surface area contributed by atoms with Gasteiger partial charge in [0.15, 0.2) is 0 Å². The van der Waals surface area contributed by atoms with Crippen LogP contribution < -0.4 is 11.1 Å². The normalized spacial score (nSPS) is 11.5. The standard InChI is InChI=1S/C12H22N4O/c1-4-12(5-2,8-13)11(17)14-6-10-7-15-16-9(10)3/h7H,4-6,8,13H2,1-3H3,(H,14,17)(H,15,16). The number of aromatic amines is 1. The van der Waals surface area contributed by atoms with Crippen LogP contribution in [0.5, 0.6) is 0 Å². The lowest BCUT2D eigenvalue weighted by molar-refractivity contribution is -0.131. The highest BCUT2D eigenvalue weighted by atomic mass is 16.2. The van der Waals surface area contributed by atoms with Gasteiger partial charge in [0.25, 0.3) is 0 Å². The summed E-state index contributed by atoms with van der Waals surface area (Å²) in [6.07, 6.45) is 3.25. The number of nitrogens with zero attached hydrogens (tertiary/aromatic N) is 1. The molecule has 0 aromatic carbocycles. The van der Waals surface area contributed by atoms with Gasteiger partial charge in [-0.2, -0.15) is 5.10 Å². The van der Waals surface area contributed by atoms with Crippen LogP contribution in [-0.2, 0) is 11.3 Å². The van der Waals surface area contributed by atoms with Gasteiger partial charge in [-0.3, -0.25) is 9.89 Å². The Hall–Kier alpha value is -1.36. The smallest absolute Gasteiger partial charge is 0.227 e. The molecule has 5 heteroatoms. The van der Waals surface area contributed by atoms with Crippen molar-refractivity contribution in [3.8, 4) is 0 Å². The van der Waals surface area contributed by atoms with Crippen molar-refractivity contribution < 1.29 is 4.79 Å². The van der Waals surface area contributed by atoms with Gasteiger partial charge in [-0.1, -0.05) is 13.8 Å². The quantitative estimate of drug-likeness (QED) is 0.694. The van der Waals surface area contributed by atoms with Crippen molar-refractivity contribution in [2.24, 2.45) is 11.1 Å². The number of aromatic nitrogens is 2.